The lowest BCUT2D eigenvalue weighted by Crippen LogP contribution is -2.20. The van der Waals surface area contributed by atoms with E-state index in [4.69, 9.17) is 5.11 Å². The third-order valence-electron chi connectivity index (χ3n) is 2.14. The van der Waals surface area contributed by atoms with Crippen LogP contribution >= 0.6 is 0 Å². The van der Waals surface area contributed by atoms with E-state index in [9.17, 15) is 18.4 Å². The number of alkyl halides is 2. The Bertz CT molecular complexity index is 488. The van der Waals surface area contributed by atoms with E-state index in [0.717, 1.165) is 19.2 Å². The number of carboxylic acids is 1. The molecule has 0 aliphatic carbocycles. The molecule has 7 heteroatoms. The van der Waals surface area contributed by atoms with Gasteiger partial charge in [-0.05, 0) is 18.2 Å². The first-order valence-corrected chi connectivity index (χ1v) is 4.86. The summed E-state index contributed by atoms with van der Waals surface area (Å²) in [6.07, 6.45) is -3.71. The van der Waals surface area contributed by atoms with Gasteiger partial charge in [0, 0.05) is 19.7 Å². The van der Waals surface area contributed by atoms with Crippen LogP contribution in [0.15, 0.2) is 18.2 Å². The summed E-state index contributed by atoms with van der Waals surface area (Å²) in [5.74, 6) is -1.97. The molecule has 0 saturated heterocycles. The van der Waals surface area contributed by atoms with E-state index in [2.05, 4.69) is 10.1 Å². The molecular weight excluding hydrogens is 248 g/mol. The van der Waals surface area contributed by atoms with Crippen LogP contribution in [0.3, 0.4) is 0 Å². The van der Waals surface area contributed by atoms with Crippen LogP contribution in [-0.2, 0) is 15.6 Å². The maximum atomic E-state index is 13.3. The van der Waals surface area contributed by atoms with Crippen molar-refractivity contribution >= 4 is 17.6 Å². The van der Waals surface area contributed by atoms with Crippen molar-refractivity contribution in [1.82, 2.24) is 0 Å². The molecule has 0 heterocycles. The third kappa shape index (κ3) is 3.01. The molecule has 0 fully saturated rings. The van der Waals surface area contributed by atoms with Gasteiger partial charge in [0.1, 0.15) is 0 Å². The molecule has 0 spiro atoms. The molecular formula is C11H11F2NO4. The number of hydrogen-bond donors (Lipinski definition) is 2. The Morgan fingerprint density at radius 1 is 1.39 bits per heavy atom. The zero-order valence-electron chi connectivity index (χ0n) is 9.66. The summed E-state index contributed by atoms with van der Waals surface area (Å²) in [4.78, 5) is 21.7. The quantitative estimate of drug-likeness (QED) is 0.867. The minimum atomic E-state index is -3.71. The Labute approximate surface area is 101 Å². The van der Waals surface area contributed by atoms with Crippen molar-refractivity contribution in [1.29, 1.82) is 0 Å². The highest BCUT2D eigenvalue weighted by Crippen LogP contribution is 2.32. The highest BCUT2D eigenvalue weighted by Gasteiger charge is 2.35. The van der Waals surface area contributed by atoms with Crippen molar-refractivity contribution in [3.8, 4) is 0 Å². The maximum absolute atomic E-state index is 13.3. The summed E-state index contributed by atoms with van der Waals surface area (Å²) in [5, 5.41) is 11.2. The van der Waals surface area contributed by atoms with Gasteiger partial charge >= 0.3 is 12.1 Å². The molecule has 0 atom stereocenters. The number of amides is 1. The Hall–Kier alpha value is -2.02. The second kappa shape index (κ2) is 5.09. The number of hydrogen-bond acceptors (Lipinski definition) is 3. The van der Waals surface area contributed by atoms with Crippen LogP contribution in [0.4, 0.5) is 14.5 Å². The van der Waals surface area contributed by atoms with Gasteiger partial charge in [-0.2, -0.15) is 8.78 Å². The molecule has 1 rings (SSSR count). The molecule has 5 nitrogen and oxygen atoms in total. The van der Waals surface area contributed by atoms with E-state index >= 15 is 0 Å². The van der Waals surface area contributed by atoms with E-state index < -0.39 is 29.1 Å². The fraction of sp³-hybridized carbons (Fsp3) is 0.273. The van der Waals surface area contributed by atoms with E-state index in [-0.39, 0.29) is 5.69 Å². The molecule has 98 valence electrons. The van der Waals surface area contributed by atoms with Gasteiger partial charge in [0.05, 0.1) is 11.1 Å². The number of aromatic carboxylic acids is 1. The first-order chi connectivity index (χ1) is 8.27. The Morgan fingerprint density at radius 2 is 2.00 bits per heavy atom. The first kappa shape index (κ1) is 14.0. The van der Waals surface area contributed by atoms with Gasteiger partial charge in [-0.25, -0.2) is 4.79 Å². The number of carbonyl (C=O) groups is 2. The normalized spacial score (nSPS) is 11.1. The van der Waals surface area contributed by atoms with Crippen LogP contribution in [0.5, 0.6) is 0 Å². The van der Waals surface area contributed by atoms with Gasteiger partial charge in [0.15, 0.2) is 0 Å². The molecule has 1 aromatic carbocycles. The fourth-order valence-corrected chi connectivity index (χ4v) is 1.37. The number of ether oxygens (including phenoxy) is 1. The van der Waals surface area contributed by atoms with Crippen LogP contribution in [0, 0.1) is 0 Å². The minimum Gasteiger partial charge on any atom is -0.478 e. The average Bonchev–Trinajstić information content (AvgIpc) is 2.27. The van der Waals surface area contributed by atoms with E-state index in [1.165, 1.54) is 13.0 Å². The van der Waals surface area contributed by atoms with Crippen molar-refractivity contribution < 1.29 is 28.2 Å². The zero-order valence-corrected chi connectivity index (χ0v) is 9.66. The Morgan fingerprint density at radius 3 is 2.44 bits per heavy atom. The lowest BCUT2D eigenvalue weighted by molar-refractivity contribution is -0.231. The zero-order chi connectivity index (χ0) is 13.9. The van der Waals surface area contributed by atoms with Crippen molar-refractivity contribution in [3.63, 3.8) is 0 Å². The second-order valence-corrected chi connectivity index (χ2v) is 3.47. The maximum Gasteiger partial charge on any atom is 0.383 e. The van der Waals surface area contributed by atoms with Crippen LogP contribution in [0.2, 0.25) is 0 Å². The molecule has 0 aliphatic heterocycles. The molecule has 0 radical (unpaired) electrons. The van der Waals surface area contributed by atoms with Gasteiger partial charge in [-0.3, -0.25) is 4.79 Å². The van der Waals surface area contributed by atoms with Gasteiger partial charge in [-0.1, -0.05) is 0 Å². The summed E-state index contributed by atoms with van der Waals surface area (Å²) in [6.45, 7) is 1.22. The predicted molar refractivity (Wildman–Crippen MR) is 58.6 cm³/mol. The first-order valence-electron chi connectivity index (χ1n) is 4.86. The van der Waals surface area contributed by atoms with Crippen molar-refractivity contribution in [2.24, 2.45) is 0 Å². The summed E-state index contributed by atoms with van der Waals surface area (Å²) in [7, 11) is 0.771. The molecule has 0 bridgehead atoms. The summed E-state index contributed by atoms with van der Waals surface area (Å²) in [6, 6.07) is 3.03. The van der Waals surface area contributed by atoms with E-state index in [1.54, 1.807) is 0 Å². The summed E-state index contributed by atoms with van der Waals surface area (Å²) in [5.41, 5.74) is -1.28. The van der Waals surface area contributed by atoms with Crippen molar-refractivity contribution in [2.75, 3.05) is 12.4 Å². The molecule has 1 amide bonds. The number of halogens is 2. The van der Waals surface area contributed by atoms with Gasteiger partial charge in [-0.15, -0.1) is 0 Å². The van der Waals surface area contributed by atoms with Gasteiger partial charge in [0.25, 0.3) is 0 Å². The van der Waals surface area contributed by atoms with Crippen LogP contribution in [-0.4, -0.2) is 24.1 Å². The number of nitrogens with one attached hydrogen (secondary N) is 1. The molecule has 1 aromatic rings. The highest BCUT2D eigenvalue weighted by atomic mass is 19.3. The van der Waals surface area contributed by atoms with E-state index in [1.807, 2.05) is 0 Å². The summed E-state index contributed by atoms with van der Waals surface area (Å²) >= 11 is 0. The van der Waals surface area contributed by atoms with Gasteiger partial charge in [0.2, 0.25) is 5.91 Å². The smallest absolute Gasteiger partial charge is 0.383 e. The fourth-order valence-electron chi connectivity index (χ4n) is 1.37. The van der Waals surface area contributed by atoms with Crippen LogP contribution in [0.25, 0.3) is 0 Å². The molecule has 2 N–H and O–H groups in total. The summed E-state index contributed by atoms with van der Waals surface area (Å²) < 4.78 is 30.6. The SMILES string of the molecule is COC(F)(F)c1ccc(NC(C)=O)cc1C(=O)O. The van der Waals surface area contributed by atoms with E-state index in [0.29, 0.717) is 0 Å². The number of carboxylic acid groups (broad SMARTS) is 1. The standard InChI is InChI=1S/C11H11F2NO4/c1-6(15)14-7-3-4-9(11(12,13)18-2)8(5-7)10(16)17/h3-5H,1-2H3,(H,14,15)(H,16,17). The third-order valence-corrected chi connectivity index (χ3v) is 2.14. The second-order valence-electron chi connectivity index (χ2n) is 3.47. The number of rotatable bonds is 4. The van der Waals surface area contributed by atoms with Gasteiger partial charge < -0.3 is 15.2 Å². The number of methoxy groups -OCH3 is 1. The molecule has 0 unspecified atom stereocenters. The number of anilines is 1. The van der Waals surface area contributed by atoms with Crippen LogP contribution < -0.4 is 5.32 Å². The lowest BCUT2D eigenvalue weighted by atomic mass is 10.1. The Kier molecular flexibility index (Phi) is 3.97. The molecule has 0 aliphatic rings. The average molecular weight is 259 g/mol. The molecule has 18 heavy (non-hydrogen) atoms. The Balaban J connectivity index is 3.29. The van der Waals surface area contributed by atoms with Crippen molar-refractivity contribution in [2.45, 2.75) is 13.0 Å². The number of benzene rings is 1. The molecule has 0 saturated carbocycles. The highest BCUT2D eigenvalue weighted by molar-refractivity contribution is 5.94. The van der Waals surface area contributed by atoms with Crippen molar-refractivity contribution in [3.05, 3.63) is 29.3 Å². The topological polar surface area (TPSA) is 75.6 Å². The molecule has 0 aromatic heterocycles. The predicted octanol–water partition coefficient (Wildman–Crippen LogP) is 2.04. The largest absolute Gasteiger partial charge is 0.478 e. The lowest BCUT2D eigenvalue weighted by Gasteiger charge is -2.17. The minimum absolute atomic E-state index is 0.121. The van der Waals surface area contributed by atoms with Crippen LogP contribution in [0.1, 0.15) is 22.8 Å². The monoisotopic (exact) mass is 259 g/mol. The number of carbonyl (C=O) groups excluding carboxylic acids is 1.